The van der Waals surface area contributed by atoms with Crippen molar-refractivity contribution in [1.29, 1.82) is 0 Å². The first kappa shape index (κ1) is 12.0. The molecule has 1 atom stereocenters. The molecule has 0 saturated carbocycles. The number of para-hydroxylation sites is 1. The second kappa shape index (κ2) is 6.45. The number of halogens is 1. The molecule has 0 radical (unpaired) electrons. The van der Waals surface area contributed by atoms with E-state index in [0.717, 1.165) is 5.75 Å². The van der Waals surface area contributed by atoms with Gasteiger partial charge in [0.2, 0.25) is 0 Å². The molecule has 0 aliphatic heterocycles. The average Bonchev–Trinajstić information content (AvgIpc) is 2.25. The first-order chi connectivity index (χ1) is 7.18. The minimum Gasteiger partial charge on any atom is -0.492 e. The highest BCUT2D eigenvalue weighted by Gasteiger charge is 2.06. The third-order valence-corrected chi connectivity index (χ3v) is 2.17. The zero-order valence-electron chi connectivity index (χ0n) is 8.48. The largest absolute Gasteiger partial charge is 0.492 e. The molecule has 0 fully saturated rings. The van der Waals surface area contributed by atoms with Crippen molar-refractivity contribution in [3.05, 3.63) is 30.3 Å². The van der Waals surface area contributed by atoms with Gasteiger partial charge in [0.1, 0.15) is 19.0 Å². The molecule has 0 unspecified atom stereocenters. The number of hydrogen-bond donors (Lipinski definition) is 0. The van der Waals surface area contributed by atoms with Crippen molar-refractivity contribution < 1.29 is 14.3 Å². The second-order valence-corrected chi connectivity index (χ2v) is 4.32. The van der Waals surface area contributed by atoms with Crippen LogP contribution in [0.15, 0.2) is 30.3 Å². The molecule has 1 rings (SSSR count). The molecule has 3 nitrogen and oxygen atoms in total. The summed E-state index contributed by atoms with van der Waals surface area (Å²) in [6.45, 7) is 2.18. The number of ether oxygens (including phenoxy) is 2. The average molecular weight is 273 g/mol. The topological polar surface area (TPSA) is 35.5 Å². The van der Waals surface area contributed by atoms with E-state index in [0.29, 0.717) is 13.2 Å². The minimum atomic E-state index is -0.279. The Bertz CT molecular complexity index is 300. The van der Waals surface area contributed by atoms with Gasteiger partial charge < -0.3 is 9.47 Å². The molecule has 1 aromatic rings. The summed E-state index contributed by atoms with van der Waals surface area (Å²) in [7, 11) is 0. The van der Waals surface area contributed by atoms with Crippen LogP contribution in [-0.2, 0) is 9.53 Å². The summed E-state index contributed by atoms with van der Waals surface area (Å²) < 4.78 is 10.3. The SMILES string of the molecule is CC(=O)OC[C@@H](Br)COc1ccccc1. The van der Waals surface area contributed by atoms with Crippen molar-refractivity contribution in [3.8, 4) is 5.75 Å². The van der Waals surface area contributed by atoms with E-state index in [1.807, 2.05) is 30.3 Å². The molecular weight excluding hydrogens is 260 g/mol. The van der Waals surface area contributed by atoms with E-state index in [-0.39, 0.29) is 10.8 Å². The third-order valence-electron chi connectivity index (χ3n) is 1.64. The van der Waals surface area contributed by atoms with Crippen LogP contribution in [0.2, 0.25) is 0 Å². The van der Waals surface area contributed by atoms with Gasteiger partial charge in [0.15, 0.2) is 0 Å². The molecule has 0 bridgehead atoms. The van der Waals surface area contributed by atoms with Gasteiger partial charge in [-0.3, -0.25) is 4.79 Å². The highest BCUT2D eigenvalue weighted by molar-refractivity contribution is 9.09. The lowest BCUT2D eigenvalue weighted by molar-refractivity contribution is -0.140. The molecular formula is C11H13BrO3. The van der Waals surface area contributed by atoms with Crippen LogP contribution >= 0.6 is 15.9 Å². The van der Waals surface area contributed by atoms with Crippen molar-refractivity contribution in [3.63, 3.8) is 0 Å². The Kier molecular flexibility index (Phi) is 5.18. The van der Waals surface area contributed by atoms with Gasteiger partial charge in [-0.25, -0.2) is 0 Å². The maximum atomic E-state index is 10.5. The summed E-state index contributed by atoms with van der Waals surface area (Å²) in [5.74, 6) is 0.531. The molecule has 0 amide bonds. The van der Waals surface area contributed by atoms with Gasteiger partial charge in [-0.2, -0.15) is 0 Å². The Labute approximate surface area is 97.5 Å². The molecule has 0 saturated heterocycles. The molecule has 1 aromatic carbocycles. The van der Waals surface area contributed by atoms with E-state index >= 15 is 0 Å². The van der Waals surface area contributed by atoms with E-state index in [9.17, 15) is 4.79 Å². The third kappa shape index (κ3) is 5.42. The van der Waals surface area contributed by atoms with Gasteiger partial charge in [0.25, 0.3) is 0 Å². The molecule has 4 heteroatoms. The normalized spacial score (nSPS) is 11.9. The van der Waals surface area contributed by atoms with E-state index in [4.69, 9.17) is 9.47 Å². The summed E-state index contributed by atoms with van der Waals surface area (Å²) in [4.78, 5) is 10.6. The van der Waals surface area contributed by atoms with Crippen molar-refractivity contribution >= 4 is 21.9 Å². The number of hydrogen-bond acceptors (Lipinski definition) is 3. The Balaban J connectivity index is 2.22. The van der Waals surface area contributed by atoms with Gasteiger partial charge in [-0.15, -0.1) is 0 Å². The van der Waals surface area contributed by atoms with Gasteiger partial charge in [0.05, 0.1) is 4.83 Å². The van der Waals surface area contributed by atoms with E-state index in [1.165, 1.54) is 6.92 Å². The highest BCUT2D eigenvalue weighted by atomic mass is 79.9. The van der Waals surface area contributed by atoms with Crippen LogP contribution in [-0.4, -0.2) is 24.0 Å². The number of carbonyl (C=O) groups is 1. The Morgan fingerprint density at radius 2 is 2.00 bits per heavy atom. The molecule has 0 heterocycles. The van der Waals surface area contributed by atoms with Crippen LogP contribution in [0.4, 0.5) is 0 Å². The van der Waals surface area contributed by atoms with E-state index in [1.54, 1.807) is 0 Å². The fourth-order valence-corrected chi connectivity index (χ4v) is 1.22. The highest BCUT2D eigenvalue weighted by Crippen LogP contribution is 2.10. The van der Waals surface area contributed by atoms with E-state index in [2.05, 4.69) is 15.9 Å². The van der Waals surface area contributed by atoms with Gasteiger partial charge in [0, 0.05) is 6.92 Å². The van der Waals surface area contributed by atoms with Crippen LogP contribution in [0.5, 0.6) is 5.75 Å². The lowest BCUT2D eigenvalue weighted by Crippen LogP contribution is -2.19. The number of esters is 1. The van der Waals surface area contributed by atoms with Crippen LogP contribution in [0, 0.1) is 0 Å². The lowest BCUT2D eigenvalue weighted by atomic mass is 10.3. The number of rotatable bonds is 5. The first-order valence-electron chi connectivity index (χ1n) is 4.64. The molecule has 0 aliphatic carbocycles. The second-order valence-electron chi connectivity index (χ2n) is 3.02. The summed E-state index contributed by atoms with van der Waals surface area (Å²) in [5.41, 5.74) is 0. The molecule has 0 spiro atoms. The fraction of sp³-hybridized carbons (Fsp3) is 0.364. The fourth-order valence-electron chi connectivity index (χ4n) is 0.959. The van der Waals surface area contributed by atoms with Crippen LogP contribution < -0.4 is 4.74 Å². The summed E-state index contributed by atoms with van der Waals surface area (Å²) in [6, 6.07) is 9.50. The number of alkyl halides is 1. The summed E-state index contributed by atoms with van der Waals surface area (Å²) in [6.07, 6.45) is 0. The Hall–Kier alpha value is -1.03. The Morgan fingerprint density at radius 1 is 1.33 bits per heavy atom. The predicted octanol–water partition coefficient (Wildman–Crippen LogP) is 2.39. The quantitative estimate of drug-likeness (QED) is 0.610. The van der Waals surface area contributed by atoms with Crippen LogP contribution in [0.1, 0.15) is 6.92 Å². The summed E-state index contributed by atoms with van der Waals surface area (Å²) >= 11 is 3.36. The number of benzene rings is 1. The van der Waals surface area contributed by atoms with Crippen molar-refractivity contribution in [1.82, 2.24) is 0 Å². The first-order valence-corrected chi connectivity index (χ1v) is 5.55. The predicted molar refractivity (Wildman–Crippen MR) is 61.3 cm³/mol. The van der Waals surface area contributed by atoms with E-state index < -0.39 is 0 Å². The Morgan fingerprint density at radius 3 is 2.60 bits per heavy atom. The zero-order valence-corrected chi connectivity index (χ0v) is 10.1. The molecule has 15 heavy (non-hydrogen) atoms. The number of carbonyl (C=O) groups excluding carboxylic acids is 1. The van der Waals surface area contributed by atoms with Gasteiger partial charge in [-0.05, 0) is 12.1 Å². The minimum absolute atomic E-state index is 0.0154. The summed E-state index contributed by atoms with van der Waals surface area (Å²) in [5, 5.41) is 0. The van der Waals surface area contributed by atoms with Crippen molar-refractivity contribution in [2.75, 3.05) is 13.2 Å². The smallest absolute Gasteiger partial charge is 0.302 e. The van der Waals surface area contributed by atoms with Gasteiger partial charge in [-0.1, -0.05) is 34.1 Å². The standard InChI is InChI=1S/C11H13BrO3/c1-9(13)14-7-10(12)8-15-11-5-3-2-4-6-11/h2-6,10H,7-8H2,1H3/t10-/m1/s1. The van der Waals surface area contributed by atoms with Crippen molar-refractivity contribution in [2.24, 2.45) is 0 Å². The lowest BCUT2D eigenvalue weighted by Gasteiger charge is -2.11. The molecule has 0 aromatic heterocycles. The maximum absolute atomic E-state index is 10.5. The molecule has 0 N–H and O–H groups in total. The van der Waals surface area contributed by atoms with Crippen LogP contribution in [0.3, 0.4) is 0 Å². The zero-order chi connectivity index (χ0) is 11.1. The van der Waals surface area contributed by atoms with Crippen molar-refractivity contribution in [2.45, 2.75) is 11.8 Å². The molecule has 82 valence electrons. The maximum Gasteiger partial charge on any atom is 0.302 e. The monoisotopic (exact) mass is 272 g/mol. The van der Waals surface area contributed by atoms with Crippen LogP contribution in [0.25, 0.3) is 0 Å². The van der Waals surface area contributed by atoms with Gasteiger partial charge >= 0.3 is 5.97 Å². The molecule has 0 aliphatic rings.